The Bertz CT molecular complexity index is 485. The van der Waals surface area contributed by atoms with Crippen LogP contribution in [0.1, 0.15) is 18.9 Å². The summed E-state index contributed by atoms with van der Waals surface area (Å²) >= 11 is 0. The average Bonchev–Trinajstić information content (AvgIpc) is 2.37. The van der Waals surface area contributed by atoms with Gasteiger partial charge >= 0.3 is 5.97 Å². The number of benzene rings is 1. The van der Waals surface area contributed by atoms with E-state index >= 15 is 0 Å². The molecule has 0 spiro atoms. The molecular weight excluding hydrogens is 244 g/mol. The van der Waals surface area contributed by atoms with Gasteiger partial charge in [0.1, 0.15) is 0 Å². The molecule has 1 atom stereocenters. The molecule has 0 aromatic heterocycles. The smallest absolute Gasteiger partial charge is 0.305 e. The van der Waals surface area contributed by atoms with Crippen molar-refractivity contribution in [1.82, 2.24) is 5.32 Å². The summed E-state index contributed by atoms with van der Waals surface area (Å²) in [7, 11) is 0. The quantitative estimate of drug-likeness (QED) is 0.850. The topological polar surface area (TPSA) is 69.6 Å². The molecule has 1 unspecified atom stereocenters. The zero-order valence-corrected chi connectivity index (χ0v) is 10.9. The molecule has 1 aromatic rings. The maximum Gasteiger partial charge on any atom is 0.305 e. The van der Waals surface area contributed by atoms with E-state index in [1.165, 1.54) is 5.56 Å². The van der Waals surface area contributed by atoms with Crippen LogP contribution in [0.3, 0.4) is 0 Å². The number of carbonyl (C=O) groups is 2. The van der Waals surface area contributed by atoms with Gasteiger partial charge in [-0.05, 0) is 18.1 Å². The van der Waals surface area contributed by atoms with Crippen LogP contribution in [0.2, 0.25) is 0 Å². The number of nitrogens with zero attached hydrogens (tertiary/aromatic N) is 1. The number of anilines is 1. The Balaban J connectivity index is 2.19. The monoisotopic (exact) mass is 262 g/mol. The lowest BCUT2D eigenvalue weighted by Crippen LogP contribution is -2.55. The molecule has 1 heterocycles. The lowest BCUT2D eigenvalue weighted by Gasteiger charge is -2.35. The maximum absolute atomic E-state index is 11.7. The molecule has 1 fully saturated rings. The zero-order chi connectivity index (χ0) is 13.8. The van der Waals surface area contributed by atoms with Gasteiger partial charge in [0.2, 0.25) is 5.91 Å². The number of carboxylic acid groups (broad SMARTS) is 1. The Hall–Kier alpha value is -2.04. The fourth-order valence-corrected chi connectivity index (χ4v) is 2.45. The van der Waals surface area contributed by atoms with Gasteiger partial charge in [-0.25, -0.2) is 0 Å². The highest BCUT2D eigenvalue weighted by atomic mass is 16.4. The van der Waals surface area contributed by atoms with E-state index in [9.17, 15) is 9.59 Å². The highest BCUT2D eigenvalue weighted by Gasteiger charge is 2.27. The third-order valence-corrected chi connectivity index (χ3v) is 3.27. The molecular formula is C14H18N2O3. The molecule has 1 amide bonds. The van der Waals surface area contributed by atoms with Crippen molar-refractivity contribution in [3.8, 4) is 0 Å². The number of para-hydroxylation sites is 1. The van der Waals surface area contributed by atoms with Crippen molar-refractivity contribution < 1.29 is 14.7 Å². The first-order valence-electron chi connectivity index (χ1n) is 6.44. The Labute approximate surface area is 112 Å². The molecule has 1 aliphatic heterocycles. The molecule has 0 saturated carbocycles. The molecule has 5 heteroatoms. The standard InChI is InChI=1S/C14H18N2O3/c1-2-10-5-3-4-6-12(10)16-8-11(7-14(18)19)15-13(17)9-16/h3-6,11H,2,7-9H2,1H3,(H,15,17)(H,18,19). The van der Waals surface area contributed by atoms with Crippen LogP contribution in [0.4, 0.5) is 5.69 Å². The number of amides is 1. The van der Waals surface area contributed by atoms with E-state index < -0.39 is 5.97 Å². The summed E-state index contributed by atoms with van der Waals surface area (Å²) in [6.45, 7) is 2.89. The van der Waals surface area contributed by atoms with E-state index in [2.05, 4.69) is 12.2 Å². The molecule has 0 aliphatic carbocycles. The predicted octanol–water partition coefficient (Wildman–Crippen LogP) is 1.03. The minimum absolute atomic E-state index is 0.0451. The van der Waals surface area contributed by atoms with Crippen LogP contribution in [-0.4, -0.2) is 36.1 Å². The molecule has 0 radical (unpaired) electrons. The average molecular weight is 262 g/mol. The maximum atomic E-state index is 11.7. The number of carboxylic acids is 1. The minimum Gasteiger partial charge on any atom is -0.481 e. The van der Waals surface area contributed by atoms with Gasteiger partial charge in [0, 0.05) is 12.2 Å². The second-order valence-corrected chi connectivity index (χ2v) is 4.73. The molecule has 102 valence electrons. The van der Waals surface area contributed by atoms with Gasteiger partial charge in [-0.3, -0.25) is 9.59 Å². The summed E-state index contributed by atoms with van der Waals surface area (Å²) < 4.78 is 0. The second-order valence-electron chi connectivity index (χ2n) is 4.73. The highest BCUT2D eigenvalue weighted by molar-refractivity contribution is 5.84. The second kappa shape index (κ2) is 5.73. The van der Waals surface area contributed by atoms with Crippen LogP contribution in [0, 0.1) is 0 Å². The first kappa shape index (κ1) is 13.4. The summed E-state index contributed by atoms with van der Waals surface area (Å²) in [6.07, 6.45) is 0.842. The van der Waals surface area contributed by atoms with E-state index in [0.717, 1.165) is 12.1 Å². The number of aryl methyl sites for hydroxylation is 1. The number of hydrogen-bond acceptors (Lipinski definition) is 3. The molecule has 5 nitrogen and oxygen atoms in total. The molecule has 1 aliphatic rings. The van der Waals surface area contributed by atoms with E-state index in [4.69, 9.17) is 5.11 Å². The Morgan fingerprint density at radius 3 is 2.89 bits per heavy atom. The first-order valence-corrected chi connectivity index (χ1v) is 6.44. The third-order valence-electron chi connectivity index (χ3n) is 3.27. The van der Waals surface area contributed by atoms with Crippen LogP contribution < -0.4 is 10.2 Å². The summed E-state index contributed by atoms with van der Waals surface area (Å²) in [6, 6.07) is 7.60. The van der Waals surface area contributed by atoms with Crippen molar-refractivity contribution in [2.75, 3.05) is 18.0 Å². The lowest BCUT2D eigenvalue weighted by molar-refractivity contribution is -0.137. The lowest BCUT2D eigenvalue weighted by atomic mass is 10.1. The number of aliphatic carboxylic acids is 1. The molecule has 2 N–H and O–H groups in total. The molecule has 0 bridgehead atoms. The van der Waals surface area contributed by atoms with Crippen molar-refractivity contribution in [3.63, 3.8) is 0 Å². The third kappa shape index (κ3) is 3.24. The van der Waals surface area contributed by atoms with Gasteiger partial charge in [0.05, 0.1) is 19.0 Å². The van der Waals surface area contributed by atoms with Crippen molar-refractivity contribution in [3.05, 3.63) is 29.8 Å². The fraction of sp³-hybridized carbons (Fsp3) is 0.429. The van der Waals surface area contributed by atoms with Gasteiger partial charge in [-0.15, -0.1) is 0 Å². The van der Waals surface area contributed by atoms with Crippen LogP contribution in [0.5, 0.6) is 0 Å². The largest absolute Gasteiger partial charge is 0.481 e. The normalized spacial score (nSPS) is 19.1. The van der Waals surface area contributed by atoms with E-state index in [-0.39, 0.29) is 24.9 Å². The van der Waals surface area contributed by atoms with E-state index in [0.29, 0.717) is 6.54 Å². The van der Waals surface area contributed by atoms with Crippen molar-refractivity contribution >= 4 is 17.6 Å². The predicted molar refractivity (Wildman–Crippen MR) is 72.2 cm³/mol. The van der Waals surface area contributed by atoms with Gasteiger partial charge < -0.3 is 15.3 Å². The van der Waals surface area contributed by atoms with E-state index in [1.807, 2.05) is 29.2 Å². The van der Waals surface area contributed by atoms with Gasteiger partial charge in [0.25, 0.3) is 0 Å². The SMILES string of the molecule is CCc1ccccc1N1CC(=O)NC(CC(=O)O)C1. The first-order chi connectivity index (χ1) is 9.10. The van der Waals surface area contributed by atoms with Crippen LogP contribution >= 0.6 is 0 Å². The van der Waals surface area contributed by atoms with Gasteiger partial charge in [-0.1, -0.05) is 25.1 Å². The Morgan fingerprint density at radius 2 is 2.21 bits per heavy atom. The number of rotatable bonds is 4. The Morgan fingerprint density at radius 1 is 1.47 bits per heavy atom. The van der Waals surface area contributed by atoms with Crippen molar-refractivity contribution in [1.29, 1.82) is 0 Å². The van der Waals surface area contributed by atoms with Gasteiger partial charge in [-0.2, -0.15) is 0 Å². The fourth-order valence-electron chi connectivity index (χ4n) is 2.45. The number of hydrogen-bond donors (Lipinski definition) is 2. The number of piperazine rings is 1. The summed E-state index contributed by atoms with van der Waals surface area (Å²) in [4.78, 5) is 24.4. The zero-order valence-electron chi connectivity index (χ0n) is 10.9. The summed E-state index contributed by atoms with van der Waals surface area (Å²) in [5, 5.41) is 11.6. The minimum atomic E-state index is -0.893. The molecule has 1 saturated heterocycles. The van der Waals surface area contributed by atoms with Crippen LogP contribution in [-0.2, 0) is 16.0 Å². The van der Waals surface area contributed by atoms with Crippen molar-refractivity contribution in [2.45, 2.75) is 25.8 Å². The Kier molecular flexibility index (Phi) is 4.04. The summed E-state index contributed by atoms with van der Waals surface area (Å²) in [5.74, 6) is -1.01. The number of carbonyl (C=O) groups excluding carboxylic acids is 1. The summed E-state index contributed by atoms with van der Waals surface area (Å²) in [5.41, 5.74) is 2.20. The van der Waals surface area contributed by atoms with Crippen LogP contribution in [0.25, 0.3) is 0 Å². The van der Waals surface area contributed by atoms with Crippen LogP contribution in [0.15, 0.2) is 24.3 Å². The molecule has 1 aromatic carbocycles. The molecule has 19 heavy (non-hydrogen) atoms. The number of nitrogens with one attached hydrogen (secondary N) is 1. The van der Waals surface area contributed by atoms with E-state index in [1.54, 1.807) is 0 Å². The van der Waals surface area contributed by atoms with Crippen molar-refractivity contribution in [2.24, 2.45) is 0 Å². The van der Waals surface area contributed by atoms with Gasteiger partial charge in [0.15, 0.2) is 0 Å². The highest BCUT2D eigenvalue weighted by Crippen LogP contribution is 2.22. The molecule has 2 rings (SSSR count).